The molecule has 0 saturated carbocycles. The van der Waals surface area contributed by atoms with E-state index in [4.69, 9.17) is 4.74 Å². The molecule has 2 aromatic carbocycles. The van der Waals surface area contributed by atoms with Crippen molar-refractivity contribution in [1.29, 1.82) is 0 Å². The van der Waals surface area contributed by atoms with Gasteiger partial charge in [0.1, 0.15) is 17.4 Å². The fourth-order valence-electron chi connectivity index (χ4n) is 4.28. The van der Waals surface area contributed by atoms with Crippen LogP contribution in [0.3, 0.4) is 0 Å². The number of benzene rings is 2. The monoisotopic (exact) mass is 424 g/mol. The van der Waals surface area contributed by atoms with Crippen LogP contribution in [0.15, 0.2) is 65.0 Å². The Morgan fingerprint density at radius 3 is 2.68 bits per heavy atom. The number of hydrogen-bond donors (Lipinski definition) is 2. The average Bonchev–Trinajstić information content (AvgIpc) is 2.74. The minimum atomic E-state index is -0.877. The molecule has 0 fully saturated rings. The molecule has 2 N–H and O–H groups in total. The topological polar surface area (TPSA) is 67.4 Å². The molecule has 1 atom stereocenters. The van der Waals surface area contributed by atoms with Gasteiger partial charge >= 0.3 is 0 Å². The molecule has 0 radical (unpaired) electrons. The molecule has 5 nitrogen and oxygen atoms in total. The van der Waals surface area contributed by atoms with Gasteiger partial charge in [-0.2, -0.15) is 0 Å². The third-order valence-corrected chi connectivity index (χ3v) is 5.65. The maximum absolute atomic E-state index is 14.2. The van der Waals surface area contributed by atoms with E-state index in [0.29, 0.717) is 47.1 Å². The number of amides is 1. The van der Waals surface area contributed by atoms with Crippen molar-refractivity contribution in [1.82, 2.24) is 5.32 Å². The van der Waals surface area contributed by atoms with Crippen molar-refractivity contribution in [2.45, 2.75) is 32.1 Å². The largest absolute Gasteiger partial charge is 0.496 e. The van der Waals surface area contributed by atoms with Crippen LogP contribution >= 0.6 is 0 Å². The smallest absolute Gasteiger partial charge is 0.254 e. The van der Waals surface area contributed by atoms with Crippen LogP contribution in [0.1, 0.15) is 37.7 Å². The minimum absolute atomic E-state index is 0.0320. The first-order valence-electron chi connectivity index (χ1n) is 10.0. The van der Waals surface area contributed by atoms with Crippen LogP contribution in [0.2, 0.25) is 0 Å². The van der Waals surface area contributed by atoms with E-state index in [1.54, 1.807) is 13.0 Å². The second kappa shape index (κ2) is 8.34. The Bertz CT molecular complexity index is 1140. The van der Waals surface area contributed by atoms with E-state index < -0.39 is 23.5 Å². The van der Waals surface area contributed by atoms with Crippen LogP contribution in [0.25, 0.3) is 0 Å². The van der Waals surface area contributed by atoms with E-state index in [-0.39, 0.29) is 11.5 Å². The molecule has 2 aliphatic rings. The van der Waals surface area contributed by atoms with Crippen LogP contribution in [-0.4, -0.2) is 18.8 Å². The molecule has 7 heteroatoms. The molecule has 2 aromatic rings. The molecular formula is C24H22F2N2O3. The number of ether oxygens (including phenoxy) is 1. The number of hydrogen-bond acceptors (Lipinski definition) is 4. The summed E-state index contributed by atoms with van der Waals surface area (Å²) in [6, 6.07) is 10.2. The van der Waals surface area contributed by atoms with Gasteiger partial charge in [-0.15, -0.1) is 0 Å². The number of carbonyl (C=O) groups excluding carboxylic acids is 2. The third kappa shape index (κ3) is 3.83. The first kappa shape index (κ1) is 20.8. The number of methoxy groups -OCH3 is 1. The Hall–Kier alpha value is -3.48. The lowest BCUT2D eigenvalue weighted by Crippen LogP contribution is -2.35. The van der Waals surface area contributed by atoms with Crippen molar-refractivity contribution >= 4 is 17.4 Å². The molecular weight excluding hydrogens is 402 g/mol. The Labute approximate surface area is 178 Å². The zero-order valence-corrected chi connectivity index (χ0v) is 17.2. The highest BCUT2D eigenvalue weighted by atomic mass is 19.1. The normalized spacial score (nSPS) is 18.5. The van der Waals surface area contributed by atoms with Gasteiger partial charge in [0.15, 0.2) is 5.78 Å². The van der Waals surface area contributed by atoms with Crippen molar-refractivity contribution in [2.75, 3.05) is 12.4 Å². The Morgan fingerprint density at radius 2 is 1.94 bits per heavy atom. The van der Waals surface area contributed by atoms with Gasteiger partial charge in [0.2, 0.25) is 0 Å². The lowest BCUT2D eigenvalue weighted by molar-refractivity contribution is -0.116. The highest BCUT2D eigenvalue weighted by Crippen LogP contribution is 2.45. The highest BCUT2D eigenvalue weighted by Gasteiger charge is 2.39. The minimum Gasteiger partial charge on any atom is -0.496 e. The number of nitrogens with one attached hydrogen (secondary N) is 2. The summed E-state index contributed by atoms with van der Waals surface area (Å²) in [6.45, 7) is 1.75. The number of ketones is 1. The third-order valence-electron chi connectivity index (χ3n) is 5.65. The predicted molar refractivity (Wildman–Crippen MR) is 112 cm³/mol. The molecule has 0 saturated heterocycles. The molecule has 1 unspecified atom stereocenters. The number of allylic oxidation sites excluding steroid dienone is 3. The number of anilines is 1. The second-order valence-electron chi connectivity index (χ2n) is 7.59. The van der Waals surface area contributed by atoms with E-state index in [2.05, 4.69) is 10.6 Å². The molecule has 0 spiro atoms. The highest BCUT2D eigenvalue weighted by molar-refractivity contribution is 6.10. The van der Waals surface area contributed by atoms with Crippen molar-refractivity contribution in [3.05, 3.63) is 82.2 Å². The van der Waals surface area contributed by atoms with Gasteiger partial charge in [-0.25, -0.2) is 8.78 Å². The van der Waals surface area contributed by atoms with Gasteiger partial charge in [-0.05, 0) is 38.0 Å². The fraction of sp³-hybridized carbons (Fsp3) is 0.250. The van der Waals surface area contributed by atoms with E-state index in [1.807, 2.05) is 18.2 Å². The van der Waals surface area contributed by atoms with Crippen LogP contribution < -0.4 is 15.4 Å². The molecule has 31 heavy (non-hydrogen) atoms. The number of dihydropyridines is 1. The SMILES string of the molecule is COc1ccccc1C1C(C(=O)Nc2ccc(F)cc2F)=C(C)NC2=C1C(=O)CCC2. The summed E-state index contributed by atoms with van der Waals surface area (Å²) in [5.74, 6) is -2.33. The summed E-state index contributed by atoms with van der Waals surface area (Å²) in [6.07, 6.45) is 1.83. The van der Waals surface area contributed by atoms with Gasteiger partial charge < -0.3 is 15.4 Å². The molecule has 4 rings (SSSR count). The quantitative estimate of drug-likeness (QED) is 0.754. The zero-order valence-electron chi connectivity index (χ0n) is 17.2. The zero-order chi connectivity index (χ0) is 22.1. The summed E-state index contributed by atoms with van der Waals surface area (Å²) in [5.41, 5.74) is 2.74. The maximum atomic E-state index is 14.2. The number of rotatable bonds is 4. The molecule has 1 aliphatic heterocycles. The molecule has 160 valence electrons. The van der Waals surface area contributed by atoms with Gasteiger partial charge in [-0.3, -0.25) is 9.59 Å². The predicted octanol–water partition coefficient (Wildman–Crippen LogP) is 4.58. The van der Waals surface area contributed by atoms with Gasteiger partial charge in [0.25, 0.3) is 5.91 Å². The fourth-order valence-corrected chi connectivity index (χ4v) is 4.28. The lowest BCUT2D eigenvalue weighted by Gasteiger charge is -2.35. The van der Waals surface area contributed by atoms with Crippen molar-refractivity contribution < 1.29 is 23.1 Å². The van der Waals surface area contributed by atoms with Crippen molar-refractivity contribution in [3.8, 4) is 5.75 Å². The number of para-hydroxylation sites is 1. The van der Waals surface area contributed by atoms with Crippen LogP contribution in [0.5, 0.6) is 5.75 Å². The van der Waals surface area contributed by atoms with Gasteiger partial charge in [-0.1, -0.05) is 18.2 Å². The number of carbonyl (C=O) groups is 2. The number of Topliss-reactive ketones (excluding diaryl/α,β-unsaturated/α-hetero) is 1. The summed E-state index contributed by atoms with van der Waals surface area (Å²) >= 11 is 0. The van der Waals surface area contributed by atoms with Gasteiger partial charge in [0, 0.05) is 40.6 Å². The van der Waals surface area contributed by atoms with E-state index in [1.165, 1.54) is 13.2 Å². The first-order chi connectivity index (χ1) is 14.9. The second-order valence-corrected chi connectivity index (χ2v) is 7.59. The molecule has 1 heterocycles. The summed E-state index contributed by atoms with van der Waals surface area (Å²) < 4.78 is 33.0. The molecule has 1 aliphatic carbocycles. The molecule has 1 amide bonds. The van der Waals surface area contributed by atoms with Crippen LogP contribution in [0.4, 0.5) is 14.5 Å². The van der Waals surface area contributed by atoms with E-state index >= 15 is 0 Å². The summed E-state index contributed by atoms with van der Waals surface area (Å²) in [5, 5.41) is 5.74. The molecule has 0 aromatic heterocycles. The number of halogens is 2. The summed E-state index contributed by atoms with van der Waals surface area (Å²) in [4.78, 5) is 26.3. The van der Waals surface area contributed by atoms with E-state index in [9.17, 15) is 18.4 Å². The van der Waals surface area contributed by atoms with Crippen LogP contribution in [0, 0.1) is 11.6 Å². The first-order valence-corrected chi connectivity index (χ1v) is 10.0. The maximum Gasteiger partial charge on any atom is 0.254 e. The summed E-state index contributed by atoms with van der Waals surface area (Å²) in [7, 11) is 1.53. The standard InChI is InChI=1S/C24H22F2N2O3/c1-13-21(24(30)28-17-11-10-14(25)12-16(17)26)22(15-6-3-4-9-20(15)31-2)23-18(27-13)7-5-8-19(23)29/h3-4,6,9-12,22,27H,5,7-8H2,1-2H3,(H,28,30). The van der Waals surface area contributed by atoms with Crippen molar-refractivity contribution in [3.63, 3.8) is 0 Å². The Morgan fingerprint density at radius 1 is 1.16 bits per heavy atom. The van der Waals surface area contributed by atoms with Gasteiger partial charge in [0.05, 0.1) is 18.7 Å². The Balaban J connectivity index is 1.82. The Kier molecular flexibility index (Phi) is 5.59. The van der Waals surface area contributed by atoms with Crippen LogP contribution in [-0.2, 0) is 9.59 Å². The molecule has 0 bridgehead atoms. The lowest BCUT2D eigenvalue weighted by atomic mass is 9.74. The average molecular weight is 424 g/mol. The van der Waals surface area contributed by atoms with E-state index in [0.717, 1.165) is 18.2 Å². The van der Waals surface area contributed by atoms with Crippen molar-refractivity contribution in [2.24, 2.45) is 0 Å².